The first kappa shape index (κ1) is 20.4. The van der Waals surface area contributed by atoms with E-state index in [0.29, 0.717) is 16.4 Å². The number of tetrazole rings is 1. The number of nitrogens with zero attached hydrogens (tertiary/aromatic N) is 5. The molecule has 0 aliphatic heterocycles. The van der Waals surface area contributed by atoms with Crippen molar-refractivity contribution in [2.45, 2.75) is 5.16 Å². The zero-order chi connectivity index (χ0) is 21.8. The Balaban J connectivity index is 1.61. The molecule has 4 aromatic rings. The molecule has 0 saturated carbocycles. The molecule has 31 heavy (non-hydrogen) atoms. The topological polar surface area (TPSA) is 128 Å². The third-order valence-electron chi connectivity index (χ3n) is 4.40. The Morgan fingerprint density at radius 2 is 1.94 bits per heavy atom. The van der Waals surface area contributed by atoms with Crippen LogP contribution in [0.5, 0.6) is 5.75 Å². The van der Waals surface area contributed by atoms with E-state index in [1.807, 2.05) is 30.3 Å². The number of hydrogen-bond acceptors (Lipinski definition) is 9. The third kappa shape index (κ3) is 4.21. The summed E-state index contributed by atoms with van der Waals surface area (Å²) in [4.78, 5) is 19.8. The number of nitrogens with one attached hydrogen (secondary N) is 1. The van der Waals surface area contributed by atoms with Crippen molar-refractivity contribution in [3.05, 3.63) is 60.1 Å². The van der Waals surface area contributed by atoms with E-state index in [2.05, 4.69) is 25.5 Å². The van der Waals surface area contributed by atoms with Crippen molar-refractivity contribution < 1.29 is 19.4 Å². The number of H-pyrrole nitrogens is 1. The van der Waals surface area contributed by atoms with Crippen LogP contribution in [0.1, 0.15) is 5.82 Å². The fourth-order valence-corrected chi connectivity index (χ4v) is 3.65. The first-order valence-electron chi connectivity index (χ1n) is 9.12. The van der Waals surface area contributed by atoms with Crippen LogP contribution in [0.2, 0.25) is 0 Å². The normalized spacial score (nSPS) is 11.9. The summed E-state index contributed by atoms with van der Waals surface area (Å²) in [6.07, 6.45) is 0. The Morgan fingerprint density at radius 1 is 1.16 bits per heavy atom. The maximum Gasteiger partial charge on any atom is 0.345 e. The van der Waals surface area contributed by atoms with E-state index < -0.39 is 5.97 Å². The Bertz CT molecular complexity index is 1220. The number of aliphatic hydroxyl groups excluding tert-OH is 1. The lowest BCUT2D eigenvalue weighted by atomic mass is 10.2. The Morgan fingerprint density at radius 3 is 2.65 bits per heavy atom. The number of aromatic amines is 1. The van der Waals surface area contributed by atoms with E-state index in [9.17, 15) is 9.90 Å². The molecular weight excluding hydrogens is 420 g/mol. The molecule has 0 spiro atoms. The highest BCUT2D eigenvalue weighted by Gasteiger charge is 2.23. The molecular formula is C20H18N6O4S. The number of esters is 1. The van der Waals surface area contributed by atoms with Crippen molar-refractivity contribution in [2.75, 3.05) is 20.0 Å². The van der Waals surface area contributed by atoms with Gasteiger partial charge in [0.2, 0.25) is 5.16 Å². The fourth-order valence-electron chi connectivity index (χ4n) is 2.88. The molecule has 0 fully saturated rings. The zero-order valence-electron chi connectivity index (χ0n) is 16.6. The van der Waals surface area contributed by atoms with Gasteiger partial charge in [-0.15, -0.1) is 5.10 Å². The molecule has 2 N–H and O–H groups in total. The molecule has 0 aliphatic rings. The zero-order valence-corrected chi connectivity index (χ0v) is 17.5. The van der Waals surface area contributed by atoms with Crippen molar-refractivity contribution >= 4 is 34.3 Å². The molecule has 2 aromatic heterocycles. The molecule has 4 rings (SSSR count). The number of rotatable bonds is 7. The number of imidazole rings is 1. The standard InChI is InChI=1S/C20H18N6O4S/c1-29-13-9-7-12(8-10-13)26-20(23-24-25-26)31-11-16(27)17(19(28)30-2)18-21-14-5-3-4-6-15(14)22-18/h3-10,27H,11H2,1-2H3,(H,21,22)/b17-16+. The summed E-state index contributed by atoms with van der Waals surface area (Å²) in [5.74, 6) is 0.0472. The van der Waals surface area contributed by atoms with Gasteiger partial charge in [-0.05, 0) is 46.8 Å². The van der Waals surface area contributed by atoms with E-state index >= 15 is 0 Å². The summed E-state index contributed by atoms with van der Waals surface area (Å²) in [5.41, 5.74) is 2.09. The molecule has 0 amide bonds. The van der Waals surface area contributed by atoms with Crippen LogP contribution in [0, 0.1) is 0 Å². The molecule has 158 valence electrons. The summed E-state index contributed by atoms with van der Waals surface area (Å²) in [6, 6.07) is 14.5. The van der Waals surface area contributed by atoms with Crippen molar-refractivity contribution in [2.24, 2.45) is 0 Å². The quantitative estimate of drug-likeness (QED) is 0.194. The molecule has 10 nitrogen and oxygen atoms in total. The lowest BCUT2D eigenvalue weighted by Crippen LogP contribution is -2.10. The van der Waals surface area contributed by atoms with Gasteiger partial charge in [0, 0.05) is 0 Å². The van der Waals surface area contributed by atoms with Crippen molar-refractivity contribution in [3.63, 3.8) is 0 Å². The largest absolute Gasteiger partial charge is 0.510 e. The van der Waals surface area contributed by atoms with E-state index in [4.69, 9.17) is 9.47 Å². The third-order valence-corrected chi connectivity index (χ3v) is 5.33. The van der Waals surface area contributed by atoms with Crippen LogP contribution in [0.25, 0.3) is 22.3 Å². The first-order valence-corrected chi connectivity index (χ1v) is 10.1. The number of benzene rings is 2. The SMILES string of the molecule is COC(=O)/C(=C(/O)CSc1nnnn1-c1ccc(OC)cc1)c1nc2ccccc2[nH]1. The minimum atomic E-state index is -0.702. The molecule has 0 unspecified atom stereocenters. The molecule has 0 saturated heterocycles. The van der Waals surface area contributed by atoms with Crippen LogP contribution in [-0.2, 0) is 9.53 Å². The Kier molecular flexibility index (Phi) is 5.85. The summed E-state index contributed by atoms with van der Waals surface area (Å²) >= 11 is 1.16. The van der Waals surface area contributed by atoms with E-state index in [1.165, 1.54) is 11.8 Å². The molecule has 0 aliphatic carbocycles. The predicted molar refractivity (Wildman–Crippen MR) is 114 cm³/mol. The van der Waals surface area contributed by atoms with Gasteiger partial charge in [0.15, 0.2) is 0 Å². The van der Waals surface area contributed by atoms with Gasteiger partial charge in [0.1, 0.15) is 22.9 Å². The minimum absolute atomic E-state index is 0.0258. The smallest absolute Gasteiger partial charge is 0.345 e. The maximum absolute atomic E-state index is 12.4. The summed E-state index contributed by atoms with van der Waals surface area (Å²) in [5, 5.41) is 22.9. The number of para-hydroxylation sites is 2. The lowest BCUT2D eigenvalue weighted by Gasteiger charge is -2.08. The number of hydrogen-bond donors (Lipinski definition) is 2. The molecule has 0 radical (unpaired) electrons. The number of aromatic nitrogens is 6. The van der Waals surface area contributed by atoms with Gasteiger partial charge in [-0.25, -0.2) is 9.78 Å². The maximum atomic E-state index is 12.4. The molecule has 0 atom stereocenters. The number of thioether (sulfide) groups is 1. The van der Waals surface area contributed by atoms with Gasteiger partial charge < -0.3 is 19.6 Å². The van der Waals surface area contributed by atoms with E-state index in [1.54, 1.807) is 25.3 Å². The summed E-state index contributed by atoms with van der Waals surface area (Å²) in [7, 11) is 2.83. The van der Waals surface area contributed by atoms with Gasteiger partial charge >= 0.3 is 5.97 Å². The van der Waals surface area contributed by atoms with Gasteiger partial charge in [0.05, 0.1) is 36.7 Å². The second-order valence-corrected chi connectivity index (χ2v) is 7.22. The lowest BCUT2D eigenvalue weighted by molar-refractivity contribution is -0.133. The van der Waals surface area contributed by atoms with Gasteiger partial charge in [-0.1, -0.05) is 23.9 Å². The molecule has 11 heteroatoms. The van der Waals surface area contributed by atoms with Crippen LogP contribution in [-0.4, -0.2) is 61.2 Å². The van der Waals surface area contributed by atoms with Gasteiger partial charge in [-0.2, -0.15) is 4.68 Å². The first-order chi connectivity index (χ1) is 15.1. The van der Waals surface area contributed by atoms with E-state index in [-0.39, 0.29) is 22.9 Å². The number of fused-ring (bicyclic) bond motifs is 1. The second kappa shape index (κ2) is 8.88. The molecule has 2 heterocycles. The summed E-state index contributed by atoms with van der Waals surface area (Å²) < 4.78 is 11.5. The number of ether oxygens (including phenoxy) is 2. The van der Waals surface area contributed by atoms with Gasteiger partial charge in [0.25, 0.3) is 0 Å². The Hall–Kier alpha value is -3.86. The van der Waals surface area contributed by atoms with E-state index in [0.717, 1.165) is 23.0 Å². The van der Waals surface area contributed by atoms with Crippen LogP contribution in [0.15, 0.2) is 59.4 Å². The number of carbonyl (C=O) groups is 1. The number of carbonyl (C=O) groups excluding carboxylic acids is 1. The average Bonchev–Trinajstić information content (AvgIpc) is 3.44. The number of methoxy groups -OCH3 is 2. The van der Waals surface area contributed by atoms with Crippen LogP contribution in [0.3, 0.4) is 0 Å². The highest BCUT2D eigenvalue weighted by molar-refractivity contribution is 7.99. The molecule has 2 aromatic carbocycles. The summed E-state index contributed by atoms with van der Waals surface area (Å²) in [6.45, 7) is 0. The van der Waals surface area contributed by atoms with Crippen LogP contribution in [0.4, 0.5) is 0 Å². The monoisotopic (exact) mass is 438 g/mol. The predicted octanol–water partition coefficient (Wildman–Crippen LogP) is 2.78. The average molecular weight is 438 g/mol. The van der Waals surface area contributed by atoms with Crippen molar-refractivity contribution in [1.29, 1.82) is 0 Å². The van der Waals surface area contributed by atoms with Crippen LogP contribution < -0.4 is 4.74 Å². The Labute approximate surface area is 180 Å². The minimum Gasteiger partial charge on any atom is -0.510 e. The van der Waals surface area contributed by atoms with Crippen molar-refractivity contribution in [1.82, 2.24) is 30.2 Å². The van der Waals surface area contributed by atoms with Gasteiger partial charge in [-0.3, -0.25) is 0 Å². The highest BCUT2D eigenvalue weighted by Crippen LogP contribution is 2.26. The second-order valence-electron chi connectivity index (χ2n) is 6.28. The molecule has 0 bridgehead atoms. The van der Waals surface area contributed by atoms with Crippen molar-refractivity contribution in [3.8, 4) is 11.4 Å². The fraction of sp³-hybridized carbons (Fsp3) is 0.150. The van der Waals surface area contributed by atoms with Crippen LogP contribution >= 0.6 is 11.8 Å². The number of aliphatic hydroxyl groups is 1. The highest BCUT2D eigenvalue weighted by atomic mass is 32.2.